The van der Waals surface area contributed by atoms with Crippen molar-refractivity contribution in [2.45, 2.75) is 6.42 Å². The Hall–Kier alpha value is -2.42. The van der Waals surface area contributed by atoms with Crippen molar-refractivity contribution in [3.8, 4) is 6.07 Å². The number of benzene rings is 1. The highest BCUT2D eigenvalue weighted by molar-refractivity contribution is 5.95. The number of nitro groups is 1. The van der Waals surface area contributed by atoms with E-state index < -0.39 is 10.9 Å². The van der Waals surface area contributed by atoms with Crippen LogP contribution in [0.5, 0.6) is 0 Å². The van der Waals surface area contributed by atoms with Gasteiger partial charge in [-0.3, -0.25) is 10.1 Å². The lowest BCUT2D eigenvalue weighted by Crippen LogP contribution is -2.09. The number of nitro benzene ring substituents is 1. The Morgan fingerprint density at radius 3 is 2.81 bits per heavy atom. The number of rotatable bonds is 3. The third-order valence-electron chi connectivity index (χ3n) is 1.98. The van der Waals surface area contributed by atoms with E-state index in [2.05, 4.69) is 4.74 Å². The molecule has 0 aromatic heterocycles. The molecule has 0 saturated heterocycles. The van der Waals surface area contributed by atoms with E-state index >= 15 is 0 Å². The molecular formula is C10H8N2O4. The van der Waals surface area contributed by atoms with Gasteiger partial charge in [-0.1, -0.05) is 12.1 Å². The van der Waals surface area contributed by atoms with Crippen molar-refractivity contribution in [3.63, 3.8) is 0 Å². The van der Waals surface area contributed by atoms with Crippen LogP contribution in [0.1, 0.15) is 15.9 Å². The SMILES string of the molecule is COC(=O)c1c(CC#N)cccc1[N+](=O)[O-]. The zero-order chi connectivity index (χ0) is 12.1. The number of methoxy groups -OCH3 is 1. The number of carbonyl (C=O) groups excluding carboxylic acids is 1. The number of hydrogen-bond donors (Lipinski definition) is 0. The average molecular weight is 220 g/mol. The summed E-state index contributed by atoms with van der Waals surface area (Å²) in [6.45, 7) is 0. The molecule has 0 radical (unpaired) electrons. The molecule has 0 aliphatic carbocycles. The third-order valence-corrected chi connectivity index (χ3v) is 1.98. The van der Waals surface area contributed by atoms with Crippen molar-refractivity contribution in [1.29, 1.82) is 5.26 Å². The lowest BCUT2D eigenvalue weighted by Gasteiger charge is -2.05. The number of nitrogens with zero attached hydrogens (tertiary/aromatic N) is 2. The van der Waals surface area contributed by atoms with Crippen LogP contribution in [0.15, 0.2) is 18.2 Å². The molecule has 6 nitrogen and oxygen atoms in total. The van der Waals surface area contributed by atoms with Crippen LogP contribution in [0.25, 0.3) is 0 Å². The molecule has 1 aromatic carbocycles. The molecule has 6 heteroatoms. The minimum Gasteiger partial charge on any atom is -0.465 e. The molecule has 1 aromatic rings. The highest BCUT2D eigenvalue weighted by Crippen LogP contribution is 2.23. The van der Waals surface area contributed by atoms with Crippen molar-refractivity contribution in [2.24, 2.45) is 0 Å². The van der Waals surface area contributed by atoms with Gasteiger partial charge in [0.1, 0.15) is 5.56 Å². The Morgan fingerprint density at radius 1 is 1.62 bits per heavy atom. The predicted octanol–water partition coefficient (Wildman–Crippen LogP) is 1.45. The molecule has 0 bridgehead atoms. The van der Waals surface area contributed by atoms with E-state index in [-0.39, 0.29) is 17.7 Å². The van der Waals surface area contributed by atoms with Crippen LogP contribution in [0.2, 0.25) is 0 Å². The van der Waals surface area contributed by atoms with Crippen molar-refractivity contribution in [3.05, 3.63) is 39.4 Å². The molecule has 0 atom stereocenters. The van der Waals surface area contributed by atoms with Gasteiger partial charge >= 0.3 is 5.97 Å². The quantitative estimate of drug-likeness (QED) is 0.436. The third kappa shape index (κ3) is 2.15. The smallest absolute Gasteiger partial charge is 0.345 e. The number of esters is 1. The van der Waals surface area contributed by atoms with Gasteiger partial charge in [0.25, 0.3) is 5.69 Å². The molecule has 0 N–H and O–H groups in total. The van der Waals surface area contributed by atoms with E-state index in [1.165, 1.54) is 18.2 Å². The van der Waals surface area contributed by atoms with Crippen molar-refractivity contribution in [1.82, 2.24) is 0 Å². The van der Waals surface area contributed by atoms with Gasteiger partial charge in [-0.25, -0.2) is 4.79 Å². The molecule has 0 amide bonds. The largest absolute Gasteiger partial charge is 0.465 e. The fraction of sp³-hybridized carbons (Fsp3) is 0.200. The molecule has 0 unspecified atom stereocenters. The first-order valence-electron chi connectivity index (χ1n) is 4.33. The zero-order valence-electron chi connectivity index (χ0n) is 8.47. The van der Waals surface area contributed by atoms with Gasteiger partial charge in [0.15, 0.2) is 0 Å². The second kappa shape index (κ2) is 4.89. The maximum absolute atomic E-state index is 11.4. The summed E-state index contributed by atoms with van der Waals surface area (Å²) in [6, 6.07) is 5.96. The lowest BCUT2D eigenvalue weighted by atomic mass is 10.0. The fourth-order valence-electron chi connectivity index (χ4n) is 1.31. The van der Waals surface area contributed by atoms with Gasteiger partial charge in [-0.05, 0) is 5.56 Å². The highest BCUT2D eigenvalue weighted by Gasteiger charge is 2.24. The van der Waals surface area contributed by atoms with Crippen molar-refractivity contribution < 1.29 is 14.5 Å². The molecule has 1 rings (SSSR count). The van der Waals surface area contributed by atoms with Crippen molar-refractivity contribution in [2.75, 3.05) is 7.11 Å². The normalized spacial score (nSPS) is 9.25. The molecule has 0 aliphatic heterocycles. The Bertz CT molecular complexity index is 476. The summed E-state index contributed by atoms with van der Waals surface area (Å²) in [7, 11) is 1.13. The first-order chi connectivity index (χ1) is 7.61. The standard InChI is InChI=1S/C10H8N2O4/c1-16-10(13)9-7(5-6-11)3-2-4-8(9)12(14)15/h2-4H,5H2,1H3. The Labute approximate surface area is 91.2 Å². The molecule has 0 heterocycles. The zero-order valence-corrected chi connectivity index (χ0v) is 8.47. The van der Waals surface area contributed by atoms with Gasteiger partial charge in [-0.2, -0.15) is 5.26 Å². The van der Waals surface area contributed by atoms with E-state index in [1.54, 1.807) is 0 Å². The van der Waals surface area contributed by atoms with E-state index in [0.29, 0.717) is 5.56 Å². The summed E-state index contributed by atoms with van der Waals surface area (Å²) < 4.78 is 4.46. The average Bonchev–Trinajstić information content (AvgIpc) is 2.28. The fourth-order valence-corrected chi connectivity index (χ4v) is 1.31. The maximum atomic E-state index is 11.4. The van der Waals surface area contributed by atoms with Crippen LogP contribution in [-0.2, 0) is 11.2 Å². The summed E-state index contributed by atoms with van der Waals surface area (Å²) in [6.07, 6.45) is -0.0773. The molecule has 0 aliphatic rings. The van der Waals surface area contributed by atoms with Gasteiger partial charge in [-0.15, -0.1) is 0 Å². The first kappa shape index (κ1) is 11.7. The Balaban J connectivity index is 3.41. The van der Waals surface area contributed by atoms with E-state index in [1.807, 2.05) is 6.07 Å². The second-order valence-corrected chi connectivity index (χ2v) is 2.89. The minimum atomic E-state index is -0.808. The molecule has 16 heavy (non-hydrogen) atoms. The maximum Gasteiger partial charge on any atom is 0.345 e. The molecular weight excluding hydrogens is 212 g/mol. The van der Waals surface area contributed by atoms with E-state index in [0.717, 1.165) is 7.11 Å². The number of hydrogen-bond acceptors (Lipinski definition) is 5. The summed E-state index contributed by atoms with van der Waals surface area (Å²) in [5, 5.41) is 19.3. The van der Waals surface area contributed by atoms with Gasteiger partial charge < -0.3 is 4.74 Å². The van der Waals surface area contributed by atoms with E-state index in [9.17, 15) is 14.9 Å². The van der Waals surface area contributed by atoms with Gasteiger partial charge in [0.05, 0.1) is 24.5 Å². The van der Waals surface area contributed by atoms with E-state index in [4.69, 9.17) is 5.26 Å². The highest BCUT2D eigenvalue weighted by atomic mass is 16.6. The summed E-state index contributed by atoms with van der Waals surface area (Å²) >= 11 is 0. The number of carbonyl (C=O) groups is 1. The number of ether oxygens (including phenoxy) is 1. The molecule has 82 valence electrons. The van der Waals surface area contributed by atoms with Gasteiger partial charge in [0.2, 0.25) is 0 Å². The number of nitriles is 1. The van der Waals surface area contributed by atoms with Crippen LogP contribution in [-0.4, -0.2) is 18.0 Å². The van der Waals surface area contributed by atoms with Crippen LogP contribution in [0.3, 0.4) is 0 Å². The van der Waals surface area contributed by atoms with Gasteiger partial charge in [0, 0.05) is 6.07 Å². The topological polar surface area (TPSA) is 93.2 Å². The van der Waals surface area contributed by atoms with Crippen LogP contribution in [0.4, 0.5) is 5.69 Å². The predicted molar refractivity (Wildman–Crippen MR) is 53.8 cm³/mol. The summed E-state index contributed by atoms with van der Waals surface area (Å²) in [4.78, 5) is 21.4. The Morgan fingerprint density at radius 2 is 2.31 bits per heavy atom. The molecule has 0 fully saturated rings. The summed E-state index contributed by atoms with van der Waals surface area (Å²) in [5.74, 6) is -0.808. The first-order valence-corrected chi connectivity index (χ1v) is 4.33. The minimum absolute atomic E-state index is 0.0773. The van der Waals surface area contributed by atoms with Crippen LogP contribution >= 0.6 is 0 Å². The molecule has 0 spiro atoms. The van der Waals surface area contributed by atoms with Crippen LogP contribution < -0.4 is 0 Å². The lowest BCUT2D eigenvalue weighted by molar-refractivity contribution is -0.385. The monoisotopic (exact) mass is 220 g/mol. The van der Waals surface area contributed by atoms with Crippen LogP contribution in [0, 0.1) is 21.4 Å². The molecule has 0 saturated carbocycles. The summed E-state index contributed by atoms with van der Waals surface area (Å²) in [5.41, 5.74) is -0.209. The van der Waals surface area contributed by atoms with Crippen molar-refractivity contribution >= 4 is 11.7 Å². The Kier molecular flexibility index (Phi) is 3.56. The second-order valence-electron chi connectivity index (χ2n) is 2.89.